The lowest BCUT2D eigenvalue weighted by Gasteiger charge is -2.12. The van der Waals surface area contributed by atoms with E-state index < -0.39 is 6.10 Å². The van der Waals surface area contributed by atoms with Gasteiger partial charge in [-0.25, -0.2) is 0 Å². The average Bonchev–Trinajstić information content (AvgIpc) is 2.25. The lowest BCUT2D eigenvalue weighted by atomic mass is 10.2. The first-order valence-corrected chi connectivity index (χ1v) is 4.61. The summed E-state index contributed by atoms with van der Waals surface area (Å²) in [6, 6.07) is 4.87. The van der Waals surface area contributed by atoms with Crippen molar-refractivity contribution in [1.29, 1.82) is 0 Å². The Balaban J connectivity index is 2.85. The van der Waals surface area contributed by atoms with Crippen LogP contribution in [0.1, 0.15) is 17.3 Å². The number of hydrogen-bond donors (Lipinski definition) is 1. The fourth-order valence-electron chi connectivity index (χ4n) is 1.09. The van der Waals surface area contributed by atoms with Gasteiger partial charge < -0.3 is 14.6 Å². The molecule has 0 aliphatic heterocycles. The fourth-order valence-corrected chi connectivity index (χ4v) is 1.09. The molecule has 0 heterocycles. The van der Waals surface area contributed by atoms with E-state index in [-0.39, 0.29) is 6.61 Å². The van der Waals surface area contributed by atoms with Gasteiger partial charge in [-0.2, -0.15) is 0 Å². The maximum Gasteiger partial charge on any atom is 0.162 e. The predicted molar refractivity (Wildman–Crippen MR) is 55.6 cm³/mol. The van der Waals surface area contributed by atoms with Crippen LogP contribution in [-0.4, -0.2) is 31.2 Å². The maximum atomic E-state index is 10.6. The maximum absolute atomic E-state index is 10.6. The normalized spacial score (nSPS) is 11.9. The highest BCUT2D eigenvalue weighted by molar-refractivity contribution is 5.76. The molecule has 0 aliphatic rings. The van der Waals surface area contributed by atoms with Crippen LogP contribution in [0.3, 0.4) is 0 Å². The molecule has 0 aliphatic carbocycles. The summed E-state index contributed by atoms with van der Waals surface area (Å²) in [7, 11) is 1.52. The zero-order valence-corrected chi connectivity index (χ0v) is 8.77. The van der Waals surface area contributed by atoms with Gasteiger partial charge in [-0.05, 0) is 25.1 Å². The lowest BCUT2D eigenvalue weighted by molar-refractivity contribution is 0.112. The molecule has 1 rings (SSSR count). The van der Waals surface area contributed by atoms with Gasteiger partial charge >= 0.3 is 0 Å². The first-order chi connectivity index (χ1) is 7.17. The third kappa shape index (κ3) is 3.25. The molecule has 0 saturated heterocycles. The van der Waals surface area contributed by atoms with Gasteiger partial charge in [0.15, 0.2) is 11.5 Å². The van der Waals surface area contributed by atoms with Crippen LogP contribution in [0.25, 0.3) is 0 Å². The summed E-state index contributed by atoms with van der Waals surface area (Å²) in [6.07, 6.45) is 0.170. The van der Waals surface area contributed by atoms with Crippen molar-refractivity contribution in [3.05, 3.63) is 23.8 Å². The molecule has 82 valence electrons. The van der Waals surface area contributed by atoms with E-state index in [1.807, 2.05) is 0 Å². The summed E-state index contributed by atoms with van der Waals surface area (Å²) in [5, 5.41) is 9.07. The number of aliphatic hydroxyl groups is 1. The van der Waals surface area contributed by atoms with Crippen LogP contribution in [0.15, 0.2) is 18.2 Å². The highest BCUT2D eigenvalue weighted by Crippen LogP contribution is 2.27. The van der Waals surface area contributed by atoms with E-state index in [1.165, 1.54) is 7.11 Å². The molecule has 0 aromatic heterocycles. The van der Waals surface area contributed by atoms with E-state index >= 15 is 0 Å². The van der Waals surface area contributed by atoms with Gasteiger partial charge in [0.05, 0.1) is 13.2 Å². The molecule has 0 bridgehead atoms. The molecule has 1 N–H and O–H groups in total. The van der Waals surface area contributed by atoms with Gasteiger partial charge in [0.1, 0.15) is 12.9 Å². The third-order valence-corrected chi connectivity index (χ3v) is 1.80. The minimum Gasteiger partial charge on any atom is -0.493 e. The van der Waals surface area contributed by atoms with Crippen molar-refractivity contribution in [2.75, 3.05) is 13.7 Å². The van der Waals surface area contributed by atoms with Gasteiger partial charge in [-0.3, -0.25) is 4.79 Å². The van der Waals surface area contributed by atoms with E-state index in [1.54, 1.807) is 25.1 Å². The second kappa shape index (κ2) is 5.36. The smallest absolute Gasteiger partial charge is 0.162 e. The Morgan fingerprint density at radius 1 is 1.47 bits per heavy atom. The number of carbonyl (C=O) groups excluding carboxylic acids is 1. The highest BCUT2D eigenvalue weighted by Gasteiger charge is 2.06. The number of aliphatic hydroxyl groups excluding tert-OH is 1. The minimum absolute atomic E-state index is 0.165. The molecule has 4 nitrogen and oxygen atoms in total. The van der Waals surface area contributed by atoms with Crippen LogP contribution in [0.5, 0.6) is 11.5 Å². The first-order valence-electron chi connectivity index (χ1n) is 4.61. The molecular formula is C11H14O4. The fraction of sp³-hybridized carbons (Fsp3) is 0.364. The molecule has 1 aromatic rings. The van der Waals surface area contributed by atoms with Gasteiger partial charge in [0.2, 0.25) is 0 Å². The van der Waals surface area contributed by atoms with Crippen LogP contribution in [-0.2, 0) is 0 Å². The summed E-state index contributed by atoms with van der Waals surface area (Å²) >= 11 is 0. The van der Waals surface area contributed by atoms with Crippen molar-refractivity contribution < 1.29 is 19.4 Å². The Bertz CT molecular complexity index is 333. The Hall–Kier alpha value is -1.55. The van der Waals surface area contributed by atoms with Gasteiger partial charge in [-0.15, -0.1) is 0 Å². The number of methoxy groups -OCH3 is 1. The summed E-state index contributed by atoms with van der Waals surface area (Å²) in [5.41, 5.74) is 0.511. The Labute approximate surface area is 88.4 Å². The minimum atomic E-state index is -0.561. The number of rotatable bonds is 5. The van der Waals surface area contributed by atoms with E-state index in [9.17, 15) is 4.79 Å². The number of aldehydes is 1. The van der Waals surface area contributed by atoms with Crippen molar-refractivity contribution in [3.8, 4) is 11.5 Å². The van der Waals surface area contributed by atoms with E-state index in [2.05, 4.69) is 0 Å². The molecule has 0 fully saturated rings. The second-order valence-electron chi connectivity index (χ2n) is 3.19. The van der Waals surface area contributed by atoms with Crippen LogP contribution < -0.4 is 9.47 Å². The third-order valence-electron chi connectivity index (χ3n) is 1.80. The Kier molecular flexibility index (Phi) is 4.12. The van der Waals surface area contributed by atoms with E-state index in [0.717, 1.165) is 6.29 Å². The zero-order chi connectivity index (χ0) is 11.3. The van der Waals surface area contributed by atoms with E-state index in [0.29, 0.717) is 17.1 Å². The molecule has 0 spiro atoms. The molecule has 1 aromatic carbocycles. The van der Waals surface area contributed by atoms with Crippen molar-refractivity contribution >= 4 is 6.29 Å². The first kappa shape index (κ1) is 11.5. The van der Waals surface area contributed by atoms with Gasteiger partial charge in [0, 0.05) is 5.56 Å². The topological polar surface area (TPSA) is 55.8 Å². The van der Waals surface area contributed by atoms with Crippen molar-refractivity contribution in [2.45, 2.75) is 13.0 Å². The largest absolute Gasteiger partial charge is 0.493 e. The Morgan fingerprint density at radius 2 is 2.20 bits per heavy atom. The monoisotopic (exact) mass is 210 g/mol. The molecule has 0 radical (unpaired) electrons. The Morgan fingerprint density at radius 3 is 2.73 bits per heavy atom. The van der Waals surface area contributed by atoms with Crippen molar-refractivity contribution in [1.82, 2.24) is 0 Å². The molecule has 1 unspecified atom stereocenters. The van der Waals surface area contributed by atoms with Crippen LogP contribution in [0, 0.1) is 0 Å². The predicted octanol–water partition coefficient (Wildman–Crippen LogP) is 1.27. The molecule has 0 amide bonds. The van der Waals surface area contributed by atoms with Gasteiger partial charge in [-0.1, -0.05) is 0 Å². The van der Waals surface area contributed by atoms with E-state index in [4.69, 9.17) is 14.6 Å². The molecule has 4 heteroatoms. The highest BCUT2D eigenvalue weighted by atomic mass is 16.5. The van der Waals surface area contributed by atoms with Gasteiger partial charge in [0.25, 0.3) is 0 Å². The molecule has 1 atom stereocenters. The van der Waals surface area contributed by atoms with Crippen LogP contribution >= 0.6 is 0 Å². The molecule has 15 heavy (non-hydrogen) atoms. The van der Waals surface area contributed by atoms with Crippen molar-refractivity contribution in [3.63, 3.8) is 0 Å². The number of carbonyl (C=O) groups is 1. The number of benzene rings is 1. The average molecular weight is 210 g/mol. The number of hydrogen-bond acceptors (Lipinski definition) is 4. The standard InChI is InChI=1S/C11H14O4/c1-8(13)7-15-11-5-9(6-12)3-4-10(11)14-2/h3-6,8,13H,7H2,1-2H3. The quantitative estimate of drug-likeness (QED) is 0.743. The van der Waals surface area contributed by atoms with Crippen LogP contribution in [0.4, 0.5) is 0 Å². The number of ether oxygens (including phenoxy) is 2. The lowest BCUT2D eigenvalue weighted by Crippen LogP contribution is -2.13. The van der Waals surface area contributed by atoms with Crippen molar-refractivity contribution in [2.24, 2.45) is 0 Å². The summed E-state index contributed by atoms with van der Waals surface area (Å²) in [6.45, 7) is 1.79. The molecule has 0 saturated carbocycles. The summed E-state index contributed by atoms with van der Waals surface area (Å²) < 4.78 is 10.4. The SMILES string of the molecule is COc1ccc(C=O)cc1OCC(C)O. The molecular weight excluding hydrogens is 196 g/mol. The zero-order valence-electron chi connectivity index (χ0n) is 8.77. The van der Waals surface area contributed by atoms with Crippen LogP contribution in [0.2, 0.25) is 0 Å². The summed E-state index contributed by atoms with van der Waals surface area (Å²) in [4.78, 5) is 10.6. The summed E-state index contributed by atoms with van der Waals surface area (Å²) in [5.74, 6) is 1.00. The second-order valence-corrected chi connectivity index (χ2v) is 3.19.